The van der Waals surface area contributed by atoms with Gasteiger partial charge in [0.25, 0.3) is 5.56 Å². The van der Waals surface area contributed by atoms with Gasteiger partial charge in [-0.1, -0.05) is 0 Å². The predicted molar refractivity (Wildman–Crippen MR) is 117 cm³/mol. The minimum atomic E-state index is -4.82. The van der Waals surface area contributed by atoms with Crippen LogP contribution in [0.25, 0.3) is 33.5 Å². The van der Waals surface area contributed by atoms with E-state index in [1.54, 1.807) is 40.9 Å². The fourth-order valence-corrected chi connectivity index (χ4v) is 3.63. The van der Waals surface area contributed by atoms with Crippen LogP contribution in [0.2, 0.25) is 0 Å². The summed E-state index contributed by atoms with van der Waals surface area (Å²) < 4.78 is 50.2. The van der Waals surface area contributed by atoms with E-state index in [1.165, 1.54) is 23.0 Å². The van der Waals surface area contributed by atoms with E-state index in [0.29, 0.717) is 46.0 Å². The van der Waals surface area contributed by atoms with Crippen LogP contribution in [-0.2, 0) is 0 Å². The first-order valence-corrected chi connectivity index (χ1v) is 10.2. The molecule has 5 aromatic rings. The van der Waals surface area contributed by atoms with E-state index in [-0.39, 0.29) is 0 Å². The monoisotopic (exact) mass is 467 g/mol. The van der Waals surface area contributed by atoms with E-state index in [0.717, 1.165) is 12.1 Å². The molecule has 4 aromatic heterocycles. The summed E-state index contributed by atoms with van der Waals surface area (Å²) in [6.07, 6.45) is -1.57. The lowest BCUT2D eigenvalue weighted by Gasteiger charge is -2.15. The lowest BCUT2D eigenvalue weighted by molar-refractivity contribution is -0.274. The molecule has 1 aromatic carbocycles. The van der Waals surface area contributed by atoms with Gasteiger partial charge in [-0.05, 0) is 55.5 Å². The summed E-state index contributed by atoms with van der Waals surface area (Å²) in [7, 11) is 0. The molecule has 0 atom stereocenters. The maximum absolute atomic E-state index is 13.7. The van der Waals surface area contributed by atoms with Crippen LogP contribution < -0.4 is 15.0 Å². The molecule has 0 fully saturated rings. The minimum absolute atomic E-state index is 0.301. The van der Waals surface area contributed by atoms with Gasteiger partial charge in [0, 0.05) is 28.8 Å². The topological polar surface area (TPSA) is 83.5 Å². The molecule has 0 unspecified atom stereocenters. The van der Waals surface area contributed by atoms with Gasteiger partial charge in [-0.25, -0.2) is 0 Å². The Balaban J connectivity index is 1.72. The Labute approximate surface area is 189 Å². The Morgan fingerprint density at radius 2 is 1.82 bits per heavy atom. The van der Waals surface area contributed by atoms with Crippen molar-refractivity contribution >= 4 is 16.7 Å². The van der Waals surface area contributed by atoms with E-state index in [4.69, 9.17) is 4.74 Å². The average Bonchev–Trinajstić information content (AvgIpc) is 3.27. The second-order valence-electron chi connectivity index (χ2n) is 7.25. The molecule has 0 saturated heterocycles. The van der Waals surface area contributed by atoms with Crippen LogP contribution in [0.5, 0.6) is 11.6 Å². The molecule has 0 N–H and O–H groups in total. The van der Waals surface area contributed by atoms with Gasteiger partial charge in [0.1, 0.15) is 12.1 Å². The average molecular weight is 467 g/mol. The molecule has 0 aliphatic rings. The fourth-order valence-electron chi connectivity index (χ4n) is 3.63. The third kappa shape index (κ3) is 4.03. The summed E-state index contributed by atoms with van der Waals surface area (Å²) in [6, 6.07) is 13.7. The number of hydrogen-bond donors (Lipinski definition) is 0. The van der Waals surface area contributed by atoms with Crippen LogP contribution >= 0.6 is 0 Å². The molecule has 0 spiro atoms. The predicted octanol–water partition coefficient (Wildman–Crippen LogP) is 4.39. The van der Waals surface area contributed by atoms with Crippen LogP contribution in [0.4, 0.5) is 13.2 Å². The van der Waals surface area contributed by atoms with Crippen molar-refractivity contribution in [1.29, 1.82) is 0 Å². The van der Waals surface area contributed by atoms with E-state index in [9.17, 15) is 18.0 Å². The number of fused-ring (bicyclic) bond motifs is 2. The third-order valence-electron chi connectivity index (χ3n) is 5.05. The standard InChI is InChI=1S/C23H16F3N5O3/c1-2-33-20-10-4-14-11-18(15-3-9-19-29-27-13-30(19)12-15)22(32)31(21(14)28-20)16-5-7-17(8-6-16)34-23(24,25)26/h3-13H,2H2,1H3. The lowest BCUT2D eigenvalue weighted by Crippen LogP contribution is -2.22. The van der Waals surface area contributed by atoms with Gasteiger partial charge in [0.15, 0.2) is 11.3 Å². The Morgan fingerprint density at radius 1 is 1.03 bits per heavy atom. The summed E-state index contributed by atoms with van der Waals surface area (Å²) in [5.74, 6) is -0.0791. The van der Waals surface area contributed by atoms with Gasteiger partial charge >= 0.3 is 6.36 Å². The number of hydrogen-bond acceptors (Lipinski definition) is 6. The molecule has 8 nitrogen and oxygen atoms in total. The molecule has 11 heteroatoms. The van der Waals surface area contributed by atoms with Crippen LogP contribution in [0.1, 0.15) is 6.92 Å². The first-order chi connectivity index (χ1) is 16.3. The highest BCUT2D eigenvalue weighted by atomic mass is 19.4. The van der Waals surface area contributed by atoms with Crippen molar-refractivity contribution < 1.29 is 22.6 Å². The Morgan fingerprint density at radius 3 is 2.56 bits per heavy atom. The summed E-state index contributed by atoms with van der Waals surface area (Å²) in [5, 5.41) is 8.45. The van der Waals surface area contributed by atoms with Gasteiger partial charge in [0.05, 0.1) is 12.3 Å². The highest BCUT2D eigenvalue weighted by Gasteiger charge is 2.31. The lowest BCUT2D eigenvalue weighted by atomic mass is 10.1. The Bertz CT molecular complexity index is 1560. The van der Waals surface area contributed by atoms with Gasteiger partial charge in [-0.2, -0.15) is 4.98 Å². The number of rotatable bonds is 5. The zero-order valence-corrected chi connectivity index (χ0v) is 17.7. The van der Waals surface area contributed by atoms with E-state index in [2.05, 4.69) is 19.9 Å². The first-order valence-electron chi connectivity index (χ1n) is 10.2. The van der Waals surface area contributed by atoms with Crippen LogP contribution in [0.15, 0.2) is 71.9 Å². The van der Waals surface area contributed by atoms with Gasteiger partial charge in [-0.15, -0.1) is 23.4 Å². The van der Waals surface area contributed by atoms with Crippen molar-refractivity contribution in [2.45, 2.75) is 13.3 Å². The van der Waals surface area contributed by atoms with Crippen molar-refractivity contribution in [1.82, 2.24) is 24.1 Å². The first kappa shape index (κ1) is 21.4. The van der Waals surface area contributed by atoms with E-state index < -0.39 is 17.7 Å². The van der Waals surface area contributed by atoms with Crippen LogP contribution in [0.3, 0.4) is 0 Å². The number of nitrogens with zero attached hydrogens (tertiary/aromatic N) is 5. The summed E-state index contributed by atoms with van der Waals surface area (Å²) >= 11 is 0. The quantitative estimate of drug-likeness (QED) is 0.381. The zero-order valence-electron chi connectivity index (χ0n) is 17.7. The maximum atomic E-state index is 13.7. The second kappa shape index (κ2) is 8.18. The second-order valence-corrected chi connectivity index (χ2v) is 7.25. The highest BCUT2D eigenvalue weighted by Crippen LogP contribution is 2.27. The maximum Gasteiger partial charge on any atom is 0.573 e. The molecule has 172 valence electrons. The summed E-state index contributed by atoms with van der Waals surface area (Å²) in [5.41, 5.74) is 1.80. The zero-order chi connectivity index (χ0) is 23.9. The van der Waals surface area contributed by atoms with Crippen LogP contribution in [0, 0.1) is 0 Å². The Kier molecular flexibility index (Phi) is 5.16. The molecular weight excluding hydrogens is 451 g/mol. The van der Waals surface area contributed by atoms with Crippen molar-refractivity contribution in [3.05, 3.63) is 77.5 Å². The molecule has 0 radical (unpaired) electrons. The third-order valence-corrected chi connectivity index (χ3v) is 5.05. The molecule has 0 aliphatic heterocycles. The Hall–Kier alpha value is -4.41. The number of pyridine rings is 3. The van der Waals surface area contributed by atoms with Gasteiger partial charge in [-0.3, -0.25) is 13.8 Å². The number of alkyl halides is 3. The highest BCUT2D eigenvalue weighted by molar-refractivity contribution is 5.83. The largest absolute Gasteiger partial charge is 0.573 e. The van der Waals surface area contributed by atoms with Crippen molar-refractivity contribution in [2.75, 3.05) is 6.61 Å². The normalized spacial score (nSPS) is 11.8. The van der Waals surface area contributed by atoms with Crippen molar-refractivity contribution in [3.8, 4) is 28.4 Å². The fraction of sp³-hybridized carbons (Fsp3) is 0.130. The SMILES string of the molecule is CCOc1ccc2cc(-c3ccc4nncn4c3)c(=O)n(-c3ccc(OC(F)(F)F)cc3)c2n1. The number of ether oxygens (including phenoxy) is 2. The molecule has 0 saturated carbocycles. The molecule has 4 heterocycles. The molecule has 5 rings (SSSR count). The number of halogens is 3. The number of aromatic nitrogens is 5. The molecule has 0 amide bonds. The minimum Gasteiger partial charge on any atom is -0.478 e. The van der Waals surface area contributed by atoms with Gasteiger partial charge in [0.2, 0.25) is 5.88 Å². The molecule has 0 aliphatic carbocycles. The number of benzene rings is 1. The van der Waals surface area contributed by atoms with Crippen molar-refractivity contribution in [3.63, 3.8) is 0 Å². The smallest absolute Gasteiger partial charge is 0.478 e. The summed E-state index contributed by atoms with van der Waals surface area (Å²) in [6.45, 7) is 2.19. The molecule has 0 bridgehead atoms. The van der Waals surface area contributed by atoms with E-state index >= 15 is 0 Å². The summed E-state index contributed by atoms with van der Waals surface area (Å²) in [4.78, 5) is 18.1. The molecular formula is C23H16F3N5O3. The van der Waals surface area contributed by atoms with E-state index in [1.807, 2.05) is 6.92 Å². The van der Waals surface area contributed by atoms with Crippen LogP contribution in [-0.4, -0.2) is 37.1 Å². The van der Waals surface area contributed by atoms with Gasteiger partial charge < -0.3 is 9.47 Å². The van der Waals surface area contributed by atoms with Crippen molar-refractivity contribution in [2.24, 2.45) is 0 Å². The molecule has 34 heavy (non-hydrogen) atoms.